The molecule has 0 unspecified atom stereocenters. The molecule has 4 nitrogen and oxygen atoms in total. The Hall–Kier alpha value is -0.810. The number of benzene rings is 1. The van der Waals surface area contributed by atoms with Crippen LogP contribution in [0.15, 0.2) is 18.2 Å². The summed E-state index contributed by atoms with van der Waals surface area (Å²) in [5.41, 5.74) is 0.499. The van der Waals surface area contributed by atoms with Gasteiger partial charge in [-0.25, -0.2) is 0 Å². The van der Waals surface area contributed by atoms with Gasteiger partial charge in [-0.05, 0) is 32.0 Å². The van der Waals surface area contributed by atoms with Crippen LogP contribution in [0.5, 0.6) is 5.75 Å². The van der Waals surface area contributed by atoms with Gasteiger partial charge in [0.2, 0.25) is 0 Å². The fourth-order valence-electron chi connectivity index (χ4n) is 2.76. The van der Waals surface area contributed by atoms with Gasteiger partial charge in [-0.1, -0.05) is 11.6 Å². The zero-order chi connectivity index (χ0) is 15.5. The molecule has 0 atom stereocenters. The molecule has 5 heteroatoms. The van der Waals surface area contributed by atoms with E-state index in [1.807, 2.05) is 32.0 Å². The van der Waals surface area contributed by atoms with Gasteiger partial charge in [0.1, 0.15) is 5.75 Å². The molecule has 2 rings (SSSR count). The Bertz CT molecular complexity index is 466. The van der Waals surface area contributed by atoms with Gasteiger partial charge in [0.05, 0.1) is 12.7 Å². The van der Waals surface area contributed by atoms with Gasteiger partial charge in [-0.15, -0.1) is 0 Å². The quantitative estimate of drug-likeness (QED) is 0.904. The Balaban J connectivity index is 1.90. The molecule has 0 saturated carbocycles. The normalized spacial score (nSPS) is 18.0. The molecule has 0 spiro atoms. The monoisotopic (exact) mass is 312 g/mol. The molecule has 21 heavy (non-hydrogen) atoms. The van der Waals surface area contributed by atoms with E-state index in [0.717, 1.165) is 55.6 Å². The van der Waals surface area contributed by atoms with Gasteiger partial charge in [0, 0.05) is 49.9 Å². The van der Waals surface area contributed by atoms with E-state index in [1.54, 1.807) is 7.11 Å². The SMILES string of the molecule is COc1ccc(Cl)cc1CN1CCN(CC(C)(C)O)CC1. The maximum Gasteiger partial charge on any atom is 0.123 e. The average Bonchev–Trinajstić information content (AvgIpc) is 2.40. The maximum absolute atomic E-state index is 9.88. The summed E-state index contributed by atoms with van der Waals surface area (Å²) in [6.45, 7) is 9.23. The topological polar surface area (TPSA) is 35.9 Å². The first-order chi connectivity index (χ1) is 9.87. The van der Waals surface area contributed by atoms with Crippen molar-refractivity contribution in [2.24, 2.45) is 0 Å². The fourth-order valence-corrected chi connectivity index (χ4v) is 2.96. The van der Waals surface area contributed by atoms with Crippen LogP contribution in [-0.4, -0.2) is 60.3 Å². The van der Waals surface area contributed by atoms with E-state index in [0.29, 0.717) is 0 Å². The van der Waals surface area contributed by atoms with Crippen molar-refractivity contribution >= 4 is 11.6 Å². The number of hydrogen-bond acceptors (Lipinski definition) is 4. The predicted octanol–water partition coefficient (Wildman–Crippen LogP) is 2.24. The van der Waals surface area contributed by atoms with Crippen molar-refractivity contribution < 1.29 is 9.84 Å². The van der Waals surface area contributed by atoms with Crippen LogP contribution in [0.2, 0.25) is 5.02 Å². The summed E-state index contributed by atoms with van der Waals surface area (Å²) in [4.78, 5) is 4.71. The van der Waals surface area contributed by atoms with Crippen LogP contribution in [0.1, 0.15) is 19.4 Å². The number of nitrogens with zero attached hydrogens (tertiary/aromatic N) is 2. The molecule has 0 amide bonds. The lowest BCUT2D eigenvalue weighted by Gasteiger charge is -2.37. The minimum Gasteiger partial charge on any atom is -0.496 e. The van der Waals surface area contributed by atoms with Crippen molar-refractivity contribution in [3.05, 3.63) is 28.8 Å². The van der Waals surface area contributed by atoms with Gasteiger partial charge >= 0.3 is 0 Å². The second-order valence-corrected chi connectivity index (χ2v) is 6.76. The zero-order valence-electron chi connectivity index (χ0n) is 13.1. The van der Waals surface area contributed by atoms with E-state index < -0.39 is 5.60 Å². The van der Waals surface area contributed by atoms with Crippen molar-refractivity contribution in [1.82, 2.24) is 9.80 Å². The third kappa shape index (κ3) is 5.15. The van der Waals surface area contributed by atoms with Gasteiger partial charge in [0.25, 0.3) is 0 Å². The highest BCUT2D eigenvalue weighted by atomic mass is 35.5. The Labute approximate surface area is 132 Å². The van der Waals surface area contributed by atoms with Crippen LogP contribution in [0.25, 0.3) is 0 Å². The fraction of sp³-hybridized carbons (Fsp3) is 0.625. The average molecular weight is 313 g/mol. The summed E-state index contributed by atoms with van der Waals surface area (Å²) in [7, 11) is 1.69. The summed E-state index contributed by atoms with van der Waals surface area (Å²) in [5.74, 6) is 0.887. The molecule has 1 saturated heterocycles. The van der Waals surface area contributed by atoms with Crippen molar-refractivity contribution in [1.29, 1.82) is 0 Å². The van der Waals surface area contributed by atoms with Crippen molar-refractivity contribution in [2.45, 2.75) is 26.0 Å². The first-order valence-electron chi connectivity index (χ1n) is 7.37. The molecule has 0 radical (unpaired) electrons. The zero-order valence-corrected chi connectivity index (χ0v) is 13.9. The highest BCUT2D eigenvalue weighted by molar-refractivity contribution is 6.30. The van der Waals surface area contributed by atoms with Crippen molar-refractivity contribution in [3.63, 3.8) is 0 Å². The molecule has 1 heterocycles. The number of methoxy groups -OCH3 is 1. The molecular formula is C16H25ClN2O2. The molecule has 1 fully saturated rings. The Morgan fingerprint density at radius 3 is 2.38 bits per heavy atom. The number of aliphatic hydroxyl groups is 1. The predicted molar refractivity (Wildman–Crippen MR) is 86.0 cm³/mol. The van der Waals surface area contributed by atoms with Crippen LogP contribution >= 0.6 is 11.6 Å². The van der Waals surface area contributed by atoms with Crippen LogP contribution in [-0.2, 0) is 6.54 Å². The largest absolute Gasteiger partial charge is 0.496 e. The van der Waals surface area contributed by atoms with Crippen molar-refractivity contribution in [3.8, 4) is 5.75 Å². The summed E-state index contributed by atoms with van der Waals surface area (Å²) >= 11 is 6.08. The maximum atomic E-state index is 9.88. The molecule has 0 aliphatic carbocycles. The van der Waals surface area contributed by atoms with E-state index in [1.165, 1.54) is 0 Å². The third-order valence-corrected chi connectivity index (χ3v) is 3.95. The van der Waals surface area contributed by atoms with E-state index in [9.17, 15) is 5.11 Å². The highest BCUT2D eigenvalue weighted by Crippen LogP contribution is 2.24. The minimum atomic E-state index is -0.627. The molecule has 1 aliphatic rings. The number of ether oxygens (including phenoxy) is 1. The van der Waals surface area contributed by atoms with E-state index in [4.69, 9.17) is 16.3 Å². The molecule has 1 aromatic rings. The number of rotatable bonds is 5. The van der Waals surface area contributed by atoms with E-state index in [2.05, 4.69) is 9.80 Å². The lowest BCUT2D eigenvalue weighted by Crippen LogP contribution is -2.50. The molecule has 0 bridgehead atoms. The first kappa shape index (κ1) is 16.6. The Kier molecular flexibility index (Phi) is 5.49. The van der Waals surface area contributed by atoms with Crippen LogP contribution in [0.4, 0.5) is 0 Å². The first-order valence-corrected chi connectivity index (χ1v) is 7.75. The third-order valence-electron chi connectivity index (χ3n) is 3.71. The summed E-state index contributed by atoms with van der Waals surface area (Å²) in [6, 6.07) is 5.75. The molecule has 1 aliphatic heterocycles. The van der Waals surface area contributed by atoms with Crippen LogP contribution < -0.4 is 4.74 Å². The van der Waals surface area contributed by atoms with Crippen LogP contribution in [0, 0.1) is 0 Å². The van der Waals surface area contributed by atoms with Gasteiger partial charge in [-0.3, -0.25) is 9.80 Å². The summed E-state index contributed by atoms with van der Waals surface area (Å²) < 4.78 is 5.40. The summed E-state index contributed by atoms with van der Waals surface area (Å²) in [6.07, 6.45) is 0. The van der Waals surface area contributed by atoms with E-state index in [-0.39, 0.29) is 0 Å². The summed E-state index contributed by atoms with van der Waals surface area (Å²) in [5, 5.41) is 10.6. The smallest absolute Gasteiger partial charge is 0.123 e. The number of hydrogen-bond donors (Lipinski definition) is 1. The highest BCUT2D eigenvalue weighted by Gasteiger charge is 2.23. The van der Waals surface area contributed by atoms with E-state index >= 15 is 0 Å². The lowest BCUT2D eigenvalue weighted by molar-refractivity contribution is 0.0166. The lowest BCUT2D eigenvalue weighted by atomic mass is 10.1. The molecule has 118 valence electrons. The second kappa shape index (κ2) is 6.97. The minimum absolute atomic E-state index is 0.627. The molecule has 1 aromatic carbocycles. The Morgan fingerprint density at radius 2 is 1.81 bits per heavy atom. The second-order valence-electron chi connectivity index (χ2n) is 6.32. The van der Waals surface area contributed by atoms with Crippen molar-refractivity contribution in [2.75, 3.05) is 39.8 Å². The number of piperazine rings is 1. The van der Waals surface area contributed by atoms with Gasteiger partial charge < -0.3 is 9.84 Å². The molecule has 1 N–H and O–H groups in total. The van der Waals surface area contributed by atoms with Gasteiger partial charge in [-0.2, -0.15) is 0 Å². The molecular weight excluding hydrogens is 288 g/mol. The Morgan fingerprint density at radius 1 is 1.19 bits per heavy atom. The van der Waals surface area contributed by atoms with Crippen LogP contribution in [0.3, 0.4) is 0 Å². The number of β-amino-alcohol motifs (C(OH)–C–C–N with tert-alkyl or cyclic N) is 1. The number of halogens is 1. The van der Waals surface area contributed by atoms with Gasteiger partial charge in [0.15, 0.2) is 0 Å². The standard InChI is InChI=1S/C16H25ClN2O2/c1-16(2,20)12-19-8-6-18(7-9-19)11-13-10-14(17)4-5-15(13)21-3/h4-5,10,20H,6-9,11-12H2,1-3H3. The molecule has 0 aromatic heterocycles.